The van der Waals surface area contributed by atoms with E-state index in [9.17, 15) is 14.3 Å². The number of likely N-dealkylation sites (tertiary alicyclic amines) is 1. The van der Waals surface area contributed by atoms with Crippen molar-refractivity contribution in [1.29, 1.82) is 0 Å². The van der Waals surface area contributed by atoms with E-state index in [1.54, 1.807) is 24.0 Å². The van der Waals surface area contributed by atoms with Crippen molar-refractivity contribution < 1.29 is 18.7 Å². The van der Waals surface area contributed by atoms with Gasteiger partial charge in [0.1, 0.15) is 0 Å². The number of fused-ring (bicyclic) bond motifs is 1. The summed E-state index contributed by atoms with van der Waals surface area (Å²) in [5, 5.41) is 10.4. The Balaban J connectivity index is 1.95. The van der Waals surface area contributed by atoms with Crippen molar-refractivity contribution in [3.63, 3.8) is 0 Å². The molecule has 3 rings (SSSR count). The topological polar surface area (TPSA) is 53.7 Å². The van der Waals surface area contributed by atoms with Crippen LogP contribution in [0, 0.1) is 18.7 Å². The van der Waals surface area contributed by atoms with Gasteiger partial charge >= 0.3 is 0 Å². The largest absolute Gasteiger partial charge is 0.448 e. The Morgan fingerprint density at radius 3 is 2.90 bits per heavy atom. The van der Waals surface area contributed by atoms with E-state index in [0.29, 0.717) is 30.5 Å². The van der Waals surface area contributed by atoms with Crippen LogP contribution < -0.4 is 0 Å². The zero-order valence-corrected chi connectivity index (χ0v) is 12.1. The maximum Gasteiger partial charge on any atom is 0.289 e. The molecule has 1 aromatic heterocycles. The third-order valence-electron chi connectivity index (χ3n) is 4.26. The zero-order chi connectivity index (χ0) is 15.1. The van der Waals surface area contributed by atoms with E-state index < -0.39 is 5.82 Å². The molecule has 5 heteroatoms. The summed E-state index contributed by atoms with van der Waals surface area (Å²) in [5.74, 6) is -0.471. The lowest BCUT2D eigenvalue weighted by Crippen LogP contribution is -2.45. The molecule has 1 fully saturated rings. The summed E-state index contributed by atoms with van der Waals surface area (Å²) in [5.41, 5.74) is 0.789. The number of hydrogen-bond acceptors (Lipinski definition) is 3. The number of hydrogen-bond donors (Lipinski definition) is 1. The number of nitrogens with zero attached hydrogens (tertiary/aromatic N) is 1. The number of aliphatic hydroxyl groups excluding tert-OH is 1. The summed E-state index contributed by atoms with van der Waals surface area (Å²) in [6.07, 6.45) is 0.184. The second-order valence-corrected chi connectivity index (χ2v) is 5.76. The fourth-order valence-electron chi connectivity index (χ4n) is 2.87. The van der Waals surface area contributed by atoms with Crippen LogP contribution in [-0.2, 0) is 0 Å². The summed E-state index contributed by atoms with van der Waals surface area (Å²) in [7, 11) is 0. The maximum atomic E-state index is 13.7. The highest BCUT2D eigenvalue weighted by Gasteiger charge is 2.30. The number of benzene rings is 1. The fraction of sp³-hybridized carbons (Fsp3) is 0.438. The Morgan fingerprint density at radius 1 is 1.48 bits per heavy atom. The number of rotatable bonds is 1. The molecule has 1 aromatic carbocycles. The van der Waals surface area contributed by atoms with Gasteiger partial charge in [0, 0.05) is 24.0 Å². The molecule has 2 atom stereocenters. The van der Waals surface area contributed by atoms with Gasteiger partial charge in [-0.1, -0.05) is 19.1 Å². The minimum atomic E-state index is -0.461. The van der Waals surface area contributed by atoms with Crippen LogP contribution in [0.3, 0.4) is 0 Å². The van der Waals surface area contributed by atoms with Crippen LogP contribution >= 0.6 is 0 Å². The number of aliphatic hydroxyl groups is 1. The van der Waals surface area contributed by atoms with E-state index >= 15 is 0 Å². The van der Waals surface area contributed by atoms with Crippen molar-refractivity contribution in [1.82, 2.24) is 4.90 Å². The van der Waals surface area contributed by atoms with Crippen molar-refractivity contribution in [2.45, 2.75) is 26.4 Å². The van der Waals surface area contributed by atoms with Gasteiger partial charge in [0.05, 0.1) is 6.10 Å². The lowest BCUT2D eigenvalue weighted by atomic mass is 9.96. The zero-order valence-electron chi connectivity index (χ0n) is 12.1. The second kappa shape index (κ2) is 5.15. The molecule has 2 heterocycles. The number of furan rings is 1. The van der Waals surface area contributed by atoms with E-state index in [-0.39, 0.29) is 29.3 Å². The average Bonchev–Trinajstić information content (AvgIpc) is 2.80. The highest BCUT2D eigenvalue weighted by molar-refractivity contribution is 5.99. The number of halogens is 1. The molecule has 0 spiro atoms. The van der Waals surface area contributed by atoms with Crippen LogP contribution in [0.1, 0.15) is 29.5 Å². The molecule has 1 N–H and O–H groups in total. The average molecular weight is 291 g/mol. The summed E-state index contributed by atoms with van der Waals surface area (Å²) in [6, 6.07) is 4.67. The SMILES string of the molecule is Cc1c(C(=O)N2CCC(O)C(C)C2)oc2c(F)cccc12. The molecule has 1 amide bonds. The summed E-state index contributed by atoms with van der Waals surface area (Å²) in [4.78, 5) is 14.2. The first-order chi connectivity index (χ1) is 9.99. The molecule has 0 bridgehead atoms. The predicted octanol–water partition coefficient (Wildman–Crippen LogP) is 2.72. The van der Waals surface area contributed by atoms with Crippen LogP contribution in [0.4, 0.5) is 4.39 Å². The molecule has 0 saturated carbocycles. The second-order valence-electron chi connectivity index (χ2n) is 5.76. The predicted molar refractivity (Wildman–Crippen MR) is 76.6 cm³/mol. The van der Waals surface area contributed by atoms with Crippen molar-refractivity contribution in [3.8, 4) is 0 Å². The van der Waals surface area contributed by atoms with Gasteiger partial charge in [0.2, 0.25) is 0 Å². The minimum absolute atomic E-state index is 0.0316. The number of amides is 1. The normalized spacial score (nSPS) is 22.8. The minimum Gasteiger partial charge on any atom is -0.448 e. The Labute approximate surface area is 122 Å². The van der Waals surface area contributed by atoms with E-state index in [1.165, 1.54) is 6.07 Å². The molecule has 1 saturated heterocycles. The van der Waals surface area contributed by atoms with Gasteiger partial charge in [-0.2, -0.15) is 0 Å². The smallest absolute Gasteiger partial charge is 0.289 e. The molecule has 21 heavy (non-hydrogen) atoms. The van der Waals surface area contributed by atoms with Crippen molar-refractivity contribution in [2.75, 3.05) is 13.1 Å². The highest BCUT2D eigenvalue weighted by Crippen LogP contribution is 2.29. The number of para-hydroxylation sites is 1. The number of piperidine rings is 1. The van der Waals surface area contributed by atoms with Crippen molar-refractivity contribution >= 4 is 16.9 Å². The first kappa shape index (κ1) is 14.1. The van der Waals surface area contributed by atoms with Gasteiger partial charge in [0.15, 0.2) is 17.2 Å². The van der Waals surface area contributed by atoms with Gasteiger partial charge in [-0.05, 0) is 25.3 Å². The van der Waals surface area contributed by atoms with Crippen molar-refractivity contribution in [3.05, 3.63) is 35.3 Å². The molecular formula is C16H18FNO3. The molecule has 0 aliphatic carbocycles. The molecule has 112 valence electrons. The van der Waals surface area contributed by atoms with Gasteiger partial charge in [-0.25, -0.2) is 4.39 Å². The number of carbonyl (C=O) groups is 1. The molecule has 2 aromatic rings. The summed E-state index contributed by atoms with van der Waals surface area (Å²) >= 11 is 0. The van der Waals surface area contributed by atoms with Crippen molar-refractivity contribution in [2.24, 2.45) is 5.92 Å². The number of carbonyl (C=O) groups excluding carboxylic acids is 1. The van der Waals surface area contributed by atoms with Gasteiger partial charge in [-0.15, -0.1) is 0 Å². The standard InChI is InChI=1S/C16H18FNO3/c1-9-8-18(7-6-13(9)19)16(20)14-10(2)11-4-3-5-12(17)15(11)21-14/h3-5,9,13,19H,6-8H2,1-2H3. The fourth-order valence-corrected chi connectivity index (χ4v) is 2.87. The van der Waals surface area contributed by atoms with Crippen LogP contribution in [0.25, 0.3) is 11.0 Å². The first-order valence-corrected chi connectivity index (χ1v) is 7.14. The van der Waals surface area contributed by atoms with E-state index in [2.05, 4.69) is 0 Å². The van der Waals surface area contributed by atoms with E-state index in [4.69, 9.17) is 4.42 Å². The lowest BCUT2D eigenvalue weighted by Gasteiger charge is -2.33. The first-order valence-electron chi connectivity index (χ1n) is 7.14. The third-order valence-corrected chi connectivity index (χ3v) is 4.26. The quantitative estimate of drug-likeness (QED) is 0.879. The van der Waals surface area contributed by atoms with E-state index in [0.717, 1.165) is 0 Å². The molecule has 1 aliphatic rings. The number of aryl methyl sites for hydroxylation is 1. The van der Waals surface area contributed by atoms with Gasteiger partial charge in [-0.3, -0.25) is 4.79 Å². The van der Waals surface area contributed by atoms with Crippen LogP contribution in [0.15, 0.2) is 22.6 Å². The third kappa shape index (κ3) is 2.31. The Hall–Kier alpha value is -1.88. The highest BCUT2D eigenvalue weighted by atomic mass is 19.1. The van der Waals surface area contributed by atoms with E-state index in [1.807, 2.05) is 6.92 Å². The monoisotopic (exact) mass is 291 g/mol. The molecule has 4 nitrogen and oxygen atoms in total. The van der Waals surface area contributed by atoms with Crippen LogP contribution in [0.2, 0.25) is 0 Å². The van der Waals surface area contributed by atoms with Crippen LogP contribution in [0.5, 0.6) is 0 Å². The summed E-state index contributed by atoms with van der Waals surface area (Å²) in [6.45, 7) is 4.65. The van der Waals surface area contributed by atoms with Gasteiger partial charge < -0.3 is 14.4 Å². The molecular weight excluding hydrogens is 273 g/mol. The maximum absolute atomic E-state index is 13.7. The Morgan fingerprint density at radius 2 is 2.24 bits per heavy atom. The van der Waals surface area contributed by atoms with Crippen LogP contribution in [-0.4, -0.2) is 35.1 Å². The Bertz CT molecular complexity index is 694. The molecule has 1 aliphatic heterocycles. The Kier molecular flexibility index (Phi) is 3.45. The van der Waals surface area contributed by atoms with Gasteiger partial charge in [0.25, 0.3) is 5.91 Å². The lowest BCUT2D eigenvalue weighted by molar-refractivity contribution is 0.0280. The molecule has 2 unspecified atom stereocenters. The molecule has 0 radical (unpaired) electrons. The summed E-state index contributed by atoms with van der Waals surface area (Å²) < 4.78 is 19.2.